The van der Waals surface area contributed by atoms with Gasteiger partial charge in [-0.05, 0) is 63.1 Å². The van der Waals surface area contributed by atoms with Crippen LogP contribution in [0.5, 0.6) is 0 Å². The fraction of sp³-hybridized carbons (Fsp3) is 0.571. The van der Waals surface area contributed by atoms with Gasteiger partial charge in [-0.25, -0.2) is 22.2 Å². The Morgan fingerprint density at radius 1 is 0.976 bits per heavy atom. The van der Waals surface area contributed by atoms with E-state index in [0.717, 1.165) is 12.8 Å². The highest BCUT2D eigenvalue weighted by atomic mass is 32.2. The lowest BCUT2D eigenvalue weighted by Gasteiger charge is -2.35. The van der Waals surface area contributed by atoms with Gasteiger partial charge in [-0.1, -0.05) is 0 Å². The van der Waals surface area contributed by atoms with E-state index in [0.29, 0.717) is 41.3 Å². The molecule has 0 radical (unpaired) electrons. The van der Waals surface area contributed by atoms with Gasteiger partial charge in [0.15, 0.2) is 5.75 Å². The fourth-order valence-corrected chi connectivity index (χ4v) is 6.47. The van der Waals surface area contributed by atoms with Gasteiger partial charge < -0.3 is 14.5 Å². The van der Waals surface area contributed by atoms with E-state index in [9.17, 15) is 26.8 Å². The molecule has 0 bridgehead atoms. The number of sulfonamides is 1. The molecule has 2 N–H and O–H groups in total. The van der Waals surface area contributed by atoms with Crippen molar-refractivity contribution in [1.82, 2.24) is 9.97 Å². The van der Waals surface area contributed by atoms with Gasteiger partial charge in [0, 0.05) is 50.8 Å². The van der Waals surface area contributed by atoms with E-state index < -0.39 is 33.6 Å². The Hall–Kier alpha value is -3.55. The molecule has 3 fully saturated rings. The highest BCUT2D eigenvalue weighted by molar-refractivity contribution is 7.93. The predicted octanol–water partition coefficient (Wildman–Crippen LogP) is 3.96. The first kappa shape index (κ1) is 29.9. The number of nitrogens with one attached hydrogen (secondary N) is 2. The van der Waals surface area contributed by atoms with Crippen molar-refractivity contribution in [2.45, 2.75) is 58.3 Å². The number of hydrogen-bond donors (Lipinski definition) is 2. The second-order valence-electron chi connectivity index (χ2n) is 11.4. The summed E-state index contributed by atoms with van der Waals surface area (Å²) in [6, 6.07) is 6.28. The topological polar surface area (TPSA) is 134 Å². The zero-order valence-corrected chi connectivity index (χ0v) is 24.6. The molecule has 1 aliphatic carbocycles. The summed E-state index contributed by atoms with van der Waals surface area (Å²) >= 11 is 0. The van der Waals surface area contributed by atoms with Crippen molar-refractivity contribution in [2.24, 2.45) is 5.41 Å². The van der Waals surface area contributed by atoms with Crippen LogP contribution in [0.3, 0.4) is 0 Å². The molecule has 14 heteroatoms. The second-order valence-corrected chi connectivity index (χ2v) is 13.1. The molecule has 1 spiro atoms. The van der Waals surface area contributed by atoms with Crippen LogP contribution in [0.2, 0.25) is 0 Å². The quantitative estimate of drug-likeness (QED) is 0.407. The van der Waals surface area contributed by atoms with Crippen LogP contribution in [0.1, 0.15) is 61.5 Å². The van der Waals surface area contributed by atoms with Crippen LogP contribution in [-0.2, 0) is 19.6 Å². The van der Waals surface area contributed by atoms with E-state index >= 15 is 0 Å². The van der Waals surface area contributed by atoms with Crippen LogP contribution in [-0.4, -0.2) is 74.7 Å². The number of aromatic nitrogens is 2. The van der Waals surface area contributed by atoms with Crippen LogP contribution in [0.15, 0.2) is 24.3 Å². The maximum atomic E-state index is 13.7. The number of ether oxygens (including phenoxy) is 1. The van der Waals surface area contributed by atoms with Gasteiger partial charge in [-0.3, -0.25) is 19.6 Å². The number of esters is 1. The minimum absolute atomic E-state index is 0.0491. The van der Waals surface area contributed by atoms with Crippen LogP contribution < -0.4 is 19.8 Å². The molecule has 11 nitrogen and oxygen atoms in total. The summed E-state index contributed by atoms with van der Waals surface area (Å²) in [7, 11) is -4.04. The average Bonchev–Trinajstić information content (AvgIpc) is 3.66. The van der Waals surface area contributed by atoms with E-state index in [1.165, 1.54) is 25.0 Å². The first-order chi connectivity index (χ1) is 19.9. The van der Waals surface area contributed by atoms with Crippen molar-refractivity contribution in [2.75, 3.05) is 58.4 Å². The SMILES string of the molecule is CCOC(=O)CS(=O)(=O)Nc1ccc(C(=O)Nc2nc(C)cc(N3CCC(F)(F)CC3)n2)c(N2CCC3(CC2)CC3)c1. The highest BCUT2D eigenvalue weighted by Gasteiger charge is 2.44. The summed E-state index contributed by atoms with van der Waals surface area (Å²) in [6.07, 6.45) is 3.81. The van der Waals surface area contributed by atoms with E-state index in [2.05, 4.69) is 24.9 Å². The van der Waals surface area contributed by atoms with E-state index in [1.54, 1.807) is 30.9 Å². The molecule has 3 heterocycles. The normalized spacial score (nSPS) is 19.3. The van der Waals surface area contributed by atoms with Gasteiger partial charge >= 0.3 is 5.97 Å². The zero-order chi connectivity index (χ0) is 30.1. The number of benzene rings is 1. The van der Waals surface area contributed by atoms with Crippen LogP contribution in [0, 0.1) is 12.3 Å². The van der Waals surface area contributed by atoms with Crippen molar-refractivity contribution in [1.29, 1.82) is 0 Å². The third kappa shape index (κ3) is 7.26. The Morgan fingerprint density at radius 3 is 2.29 bits per heavy atom. The Morgan fingerprint density at radius 2 is 1.64 bits per heavy atom. The molecule has 1 aromatic heterocycles. The number of amides is 1. The molecule has 3 aliphatic rings. The minimum Gasteiger partial charge on any atom is -0.465 e. The molecule has 1 saturated carbocycles. The van der Waals surface area contributed by atoms with Gasteiger partial charge in [-0.2, -0.15) is 4.98 Å². The molecule has 2 saturated heterocycles. The summed E-state index contributed by atoms with van der Waals surface area (Å²) in [5.74, 6) is -4.36. The number of alkyl halides is 2. The van der Waals surface area contributed by atoms with Gasteiger partial charge in [0.25, 0.3) is 11.8 Å². The molecular formula is C28H36F2N6O5S. The first-order valence-corrected chi connectivity index (χ1v) is 15.9. The third-order valence-corrected chi connectivity index (χ3v) is 9.30. The van der Waals surface area contributed by atoms with Crippen molar-refractivity contribution in [3.8, 4) is 0 Å². The molecule has 0 unspecified atom stereocenters. The lowest BCUT2D eigenvalue weighted by molar-refractivity contribution is -0.139. The number of halogens is 2. The molecular weight excluding hydrogens is 570 g/mol. The predicted molar refractivity (Wildman–Crippen MR) is 155 cm³/mol. The minimum atomic E-state index is -4.04. The van der Waals surface area contributed by atoms with Gasteiger partial charge in [-0.15, -0.1) is 0 Å². The summed E-state index contributed by atoms with van der Waals surface area (Å²) in [4.78, 5) is 38.0. The first-order valence-electron chi connectivity index (χ1n) is 14.2. The van der Waals surface area contributed by atoms with Crippen molar-refractivity contribution in [3.05, 3.63) is 35.5 Å². The summed E-state index contributed by atoms with van der Waals surface area (Å²) in [5, 5.41) is 2.75. The maximum absolute atomic E-state index is 13.7. The number of anilines is 4. The van der Waals surface area contributed by atoms with Crippen LogP contribution in [0.4, 0.5) is 31.9 Å². The zero-order valence-electron chi connectivity index (χ0n) is 23.8. The molecule has 2 aliphatic heterocycles. The fourth-order valence-electron chi connectivity index (χ4n) is 5.52. The van der Waals surface area contributed by atoms with E-state index in [-0.39, 0.29) is 44.2 Å². The highest BCUT2D eigenvalue weighted by Crippen LogP contribution is 2.54. The Kier molecular flexibility index (Phi) is 8.28. The van der Waals surface area contributed by atoms with Crippen LogP contribution in [0.25, 0.3) is 0 Å². The number of carbonyl (C=O) groups excluding carboxylic acids is 2. The standard InChI is InChI=1S/C28H36F2N6O5S/c1-3-41-24(37)18-42(39,40)34-20-4-5-21(22(17-20)35-12-8-27(6-7-27)9-13-35)25(38)33-26-31-19(2)16-23(32-26)36-14-10-28(29,30)11-15-36/h4-5,16-17,34H,3,6-15,18H2,1-2H3,(H,31,32,33,38). The lowest BCUT2D eigenvalue weighted by atomic mass is 9.93. The summed E-state index contributed by atoms with van der Waals surface area (Å²) < 4.78 is 59.7. The maximum Gasteiger partial charge on any atom is 0.323 e. The number of nitrogens with zero attached hydrogens (tertiary/aromatic N) is 4. The molecule has 1 aromatic carbocycles. The number of carbonyl (C=O) groups is 2. The van der Waals surface area contributed by atoms with Crippen molar-refractivity contribution >= 4 is 45.0 Å². The largest absolute Gasteiger partial charge is 0.465 e. The Labute approximate surface area is 244 Å². The molecule has 42 heavy (non-hydrogen) atoms. The van der Waals surface area contributed by atoms with Crippen LogP contribution >= 0.6 is 0 Å². The lowest BCUT2D eigenvalue weighted by Crippen LogP contribution is -2.40. The smallest absolute Gasteiger partial charge is 0.323 e. The van der Waals surface area contributed by atoms with E-state index in [1.807, 2.05) is 0 Å². The number of piperidine rings is 2. The summed E-state index contributed by atoms with van der Waals surface area (Å²) in [5.41, 5.74) is 2.02. The van der Waals surface area contributed by atoms with E-state index in [4.69, 9.17) is 4.74 Å². The van der Waals surface area contributed by atoms with Gasteiger partial charge in [0.1, 0.15) is 5.82 Å². The Bertz CT molecular complexity index is 1450. The Balaban J connectivity index is 1.37. The average molecular weight is 607 g/mol. The number of hydrogen-bond acceptors (Lipinski definition) is 9. The molecule has 228 valence electrons. The monoisotopic (exact) mass is 606 g/mol. The van der Waals surface area contributed by atoms with Gasteiger partial charge in [0.2, 0.25) is 16.0 Å². The second kappa shape index (κ2) is 11.6. The molecule has 5 rings (SSSR count). The molecule has 2 aromatic rings. The third-order valence-electron chi connectivity index (χ3n) is 8.14. The molecule has 1 amide bonds. The number of aryl methyl sites for hydroxylation is 1. The van der Waals surface area contributed by atoms with Crippen molar-refractivity contribution in [3.63, 3.8) is 0 Å². The molecule has 0 atom stereocenters. The van der Waals surface area contributed by atoms with Crippen molar-refractivity contribution < 1.29 is 31.5 Å². The van der Waals surface area contributed by atoms with Gasteiger partial charge in [0.05, 0.1) is 23.5 Å². The number of rotatable bonds is 9. The summed E-state index contributed by atoms with van der Waals surface area (Å²) in [6.45, 7) is 5.11.